The van der Waals surface area contributed by atoms with Gasteiger partial charge < -0.3 is 4.74 Å². The third-order valence-electron chi connectivity index (χ3n) is 2.19. The lowest BCUT2D eigenvalue weighted by atomic mass is 10.1. The average molecular weight is 252 g/mol. The van der Waals surface area contributed by atoms with Gasteiger partial charge in [0.15, 0.2) is 0 Å². The van der Waals surface area contributed by atoms with Crippen molar-refractivity contribution in [2.45, 2.75) is 39.9 Å². The van der Waals surface area contributed by atoms with E-state index in [-0.39, 0.29) is 0 Å². The normalized spacial score (nSPS) is 11.2. The number of hydrogen-bond acceptors (Lipinski definition) is 4. The van der Waals surface area contributed by atoms with Crippen molar-refractivity contribution in [3.8, 4) is 0 Å². The van der Waals surface area contributed by atoms with Crippen molar-refractivity contribution in [2.24, 2.45) is 5.90 Å². The Balaban J connectivity index is 2.77. The van der Waals surface area contributed by atoms with Gasteiger partial charge in [0.1, 0.15) is 5.60 Å². The molecule has 0 spiro atoms. The molecule has 0 saturated heterocycles. The van der Waals surface area contributed by atoms with Crippen LogP contribution in [0.4, 0.5) is 10.5 Å². The third kappa shape index (κ3) is 4.73. The van der Waals surface area contributed by atoms with Crippen LogP contribution in [0, 0.1) is 6.92 Å². The summed E-state index contributed by atoms with van der Waals surface area (Å²) in [5, 5.41) is 2.71. The Hall–Kier alpha value is -1.59. The summed E-state index contributed by atoms with van der Waals surface area (Å²) < 4.78 is 5.19. The molecule has 5 heteroatoms. The molecule has 1 amide bonds. The van der Waals surface area contributed by atoms with E-state index in [0.717, 1.165) is 11.1 Å². The van der Waals surface area contributed by atoms with Crippen molar-refractivity contribution in [2.75, 3.05) is 5.32 Å². The highest BCUT2D eigenvalue weighted by Gasteiger charge is 2.16. The highest BCUT2D eigenvalue weighted by Crippen LogP contribution is 2.18. The number of rotatable bonds is 3. The summed E-state index contributed by atoms with van der Waals surface area (Å²) in [6.07, 6.45) is -0.476. The lowest BCUT2D eigenvalue weighted by Crippen LogP contribution is -2.27. The van der Waals surface area contributed by atoms with Crippen LogP contribution in [0.5, 0.6) is 0 Å². The molecule has 100 valence electrons. The van der Waals surface area contributed by atoms with E-state index in [1.165, 1.54) is 0 Å². The number of carbonyl (C=O) groups is 1. The number of carbonyl (C=O) groups excluding carboxylic acids is 1. The zero-order valence-electron chi connectivity index (χ0n) is 11.2. The molecule has 0 bridgehead atoms. The summed E-state index contributed by atoms with van der Waals surface area (Å²) in [4.78, 5) is 16.2. The second-order valence-electron chi connectivity index (χ2n) is 5.09. The van der Waals surface area contributed by atoms with Crippen molar-refractivity contribution >= 4 is 11.8 Å². The summed E-state index contributed by atoms with van der Waals surface area (Å²) in [7, 11) is 0. The second-order valence-corrected chi connectivity index (χ2v) is 5.09. The van der Waals surface area contributed by atoms with Crippen LogP contribution < -0.4 is 11.2 Å². The Bertz CT molecular complexity index is 425. The Kier molecular flexibility index (Phi) is 4.69. The third-order valence-corrected chi connectivity index (χ3v) is 2.19. The van der Waals surface area contributed by atoms with Gasteiger partial charge in [-0.2, -0.15) is 0 Å². The average Bonchev–Trinajstić information content (AvgIpc) is 2.20. The first-order valence-corrected chi connectivity index (χ1v) is 5.73. The fourth-order valence-corrected chi connectivity index (χ4v) is 1.40. The molecule has 3 N–H and O–H groups in total. The zero-order chi connectivity index (χ0) is 13.8. The molecule has 0 fully saturated rings. The number of nitrogens with one attached hydrogen (secondary N) is 1. The van der Waals surface area contributed by atoms with Gasteiger partial charge in [-0.25, -0.2) is 10.7 Å². The second kappa shape index (κ2) is 5.84. The number of nitrogens with two attached hydrogens (primary N) is 1. The van der Waals surface area contributed by atoms with E-state index in [9.17, 15) is 4.79 Å². The molecule has 0 aliphatic rings. The van der Waals surface area contributed by atoms with Crippen molar-refractivity contribution in [3.05, 3.63) is 29.3 Å². The highest BCUT2D eigenvalue weighted by molar-refractivity contribution is 5.86. The highest BCUT2D eigenvalue weighted by atomic mass is 16.6. The topological polar surface area (TPSA) is 73.6 Å². The number of aryl methyl sites for hydroxylation is 1. The molecule has 1 rings (SSSR count). The molecular formula is C13H20N2O3. The molecule has 18 heavy (non-hydrogen) atoms. The van der Waals surface area contributed by atoms with E-state index < -0.39 is 11.7 Å². The minimum absolute atomic E-state index is 0.295. The molecule has 0 aliphatic carbocycles. The van der Waals surface area contributed by atoms with Crippen LogP contribution in [0.25, 0.3) is 0 Å². The maximum atomic E-state index is 11.7. The molecule has 0 unspecified atom stereocenters. The van der Waals surface area contributed by atoms with Gasteiger partial charge in [-0.15, -0.1) is 0 Å². The van der Waals surface area contributed by atoms with Gasteiger partial charge >= 0.3 is 6.09 Å². The maximum absolute atomic E-state index is 11.7. The molecule has 5 nitrogen and oxygen atoms in total. The standard InChI is InChI=1S/C13H20N2O3/c1-9-5-6-10(8-17-14)7-11(9)15-12(16)18-13(2,3)4/h5-7H,8,14H2,1-4H3,(H,15,16). The fourth-order valence-electron chi connectivity index (χ4n) is 1.40. The Morgan fingerprint density at radius 3 is 2.61 bits per heavy atom. The van der Waals surface area contributed by atoms with Crippen LogP contribution in [0.1, 0.15) is 31.9 Å². The lowest BCUT2D eigenvalue weighted by Gasteiger charge is -2.20. The quantitative estimate of drug-likeness (QED) is 0.811. The first kappa shape index (κ1) is 14.5. The molecule has 0 aliphatic heterocycles. The predicted molar refractivity (Wildman–Crippen MR) is 70.0 cm³/mol. The summed E-state index contributed by atoms with van der Waals surface area (Å²) in [6, 6.07) is 5.59. The van der Waals surface area contributed by atoms with Crippen LogP contribution in [-0.2, 0) is 16.2 Å². The van der Waals surface area contributed by atoms with Gasteiger partial charge in [0.05, 0.1) is 6.61 Å². The molecule has 0 heterocycles. The molecule has 0 aromatic heterocycles. The molecule has 1 aromatic rings. The zero-order valence-corrected chi connectivity index (χ0v) is 11.2. The Labute approximate surface area is 107 Å². The van der Waals surface area contributed by atoms with Gasteiger partial charge in [-0.1, -0.05) is 12.1 Å². The number of hydrogen-bond donors (Lipinski definition) is 2. The minimum Gasteiger partial charge on any atom is -0.444 e. The van der Waals surface area contributed by atoms with Crippen molar-refractivity contribution in [3.63, 3.8) is 0 Å². The van der Waals surface area contributed by atoms with E-state index in [1.54, 1.807) is 0 Å². The minimum atomic E-state index is -0.518. The first-order valence-electron chi connectivity index (χ1n) is 5.73. The number of amides is 1. The fraction of sp³-hybridized carbons (Fsp3) is 0.462. The number of anilines is 1. The van der Waals surface area contributed by atoms with Crippen LogP contribution >= 0.6 is 0 Å². The Morgan fingerprint density at radius 2 is 2.06 bits per heavy atom. The van der Waals surface area contributed by atoms with Crippen molar-refractivity contribution in [1.82, 2.24) is 0 Å². The monoisotopic (exact) mass is 252 g/mol. The Morgan fingerprint density at radius 1 is 1.39 bits per heavy atom. The van der Waals surface area contributed by atoms with E-state index in [1.807, 2.05) is 45.9 Å². The molecule has 0 saturated carbocycles. The van der Waals surface area contributed by atoms with Crippen molar-refractivity contribution < 1.29 is 14.4 Å². The molecule has 0 atom stereocenters. The van der Waals surface area contributed by atoms with E-state index >= 15 is 0 Å². The SMILES string of the molecule is Cc1ccc(CON)cc1NC(=O)OC(C)(C)C. The van der Waals surface area contributed by atoms with Gasteiger partial charge in [0.25, 0.3) is 0 Å². The van der Waals surface area contributed by atoms with Crippen LogP contribution in [0.3, 0.4) is 0 Å². The van der Waals surface area contributed by atoms with Crippen molar-refractivity contribution in [1.29, 1.82) is 0 Å². The molecule has 1 aromatic carbocycles. The van der Waals surface area contributed by atoms with E-state index in [0.29, 0.717) is 12.3 Å². The van der Waals surface area contributed by atoms with Crippen LogP contribution in [0.2, 0.25) is 0 Å². The summed E-state index contributed by atoms with van der Waals surface area (Å²) in [6.45, 7) is 7.65. The number of ether oxygens (including phenoxy) is 1. The van der Waals surface area contributed by atoms with Crippen LogP contribution in [0.15, 0.2) is 18.2 Å². The lowest BCUT2D eigenvalue weighted by molar-refractivity contribution is 0.0635. The first-order chi connectivity index (χ1) is 8.31. The van der Waals surface area contributed by atoms with Crippen LogP contribution in [-0.4, -0.2) is 11.7 Å². The maximum Gasteiger partial charge on any atom is 0.412 e. The summed E-state index contributed by atoms with van der Waals surface area (Å²) in [5.74, 6) is 5.02. The largest absolute Gasteiger partial charge is 0.444 e. The van der Waals surface area contributed by atoms with E-state index in [4.69, 9.17) is 10.6 Å². The van der Waals surface area contributed by atoms with Gasteiger partial charge in [0, 0.05) is 5.69 Å². The summed E-state index contributed by atoms with van der Waals surface area (Å²) in [5.41, 5.74) is 2.00. The van der Waals surface area contributed by atoms with E-state index in [2.05, 4.69) is 10.2 Å². The van der Waals surface area contributed by atoms with Gasteiger partial charge in [0.2, 0.25) is 0 Å². The molecule has 0 radical (unpaired) electrons. The number of benzene rings is 1. The summed E-state index contributed by atoms with van der Waals surface area (Å²) >= 11 is 0. The van der Waals surface area contributed by atoms with Gasteiger partial charge in [-0.05, 0) is 44.9 Å². The molecular weight excluding hydrogens is 232 g/mol. The predicted octanol–water partition coefficient (Wildman–Crippen LogP) is 2.73. The smallest absolute Gasteiger partial charge is 0.412 e. The van der Waals surface area contributed by atoms with Gasteiger partial charge in [-0.3, -0.25) is 10.2 Å².